The van der Waals surface area contributed by atoms with Crippen molar-refractivity contribution >= 4 is 38.5 Å². The Labute approximate surface area is 172 Å². The predicted molar refractivity (Wildman–Crippen MR) is 114 cm³/mol. The summed E-state index contributed by atoms with van der Waals surface area (Å²) >= 11 is 0. The zero-order valence-corrected chi connectivity index (χ0v) is 16.7. The molecule has 0 bridgehead atoms. The summed E-state index contributed by atoms with van der Waals surface area (Å²) in [6.45, 7) is 1.83. The Hall–Kier alpha value is -3.76. The number of fused-ring (bicyclic) bond motifs is 1. The number of anilines is 2. The van der Waals surface area contributed by atoms with Gasteiger partial charge in [-0.2, -0.15) is 5.10 Å². The van der Waals surface area contributed by atoms with Gasteiger partial charge in [-0.25, -0.2) is 23.2 Å². The second kappa shape index (κ2) is 7.25. The predicted octanol–water partition coefficient (Wildman–Crippen LogP) is 2.21. The molecule has 9 nitrogen and oxygen atoms in total. The summed E-state index contributed by atoms with van der Waals surface area (Å²) in [7, 11) is -3.81. The molecule has 0 aliphatic heterocycles. The molecule has 4 rings (SSSR count). The van der Waals surface area contributed by atoms with Crippen molar-refractivity contribution in [2.45, 2.75) is 11.8 Å². The van der Waals surface area contributed by atoms with E-state index in [9.17, 15) is 13.2 Å². The number of aromatic nitrogens is 3. The Morgan fingerprint density at radius 2 is 1.73 bits per heavy atom. The topological polar surface area (TPSA) is 146 Å². The first-order chi connectivity index (χ1) is 14.2. The first-order valence-electron chi connectivity index (χ1n) is 8.89. The van der Waals surface area contributed by atoms with Crippen molar-refractivity contribution in [2.75, 3.05) is 11.1 Å². The summed E-state index contributed by atoms with van der Waals surface area (Å²) in [6, 6.07) is 16.6. The number of nitrogen functional groups attached to an aromatic ring is 1. The Bertz CT molecular complexity index is 1360. The van der Waals surface area contributed by atoms with E-state index in [1.54, 1.807) is 10.7 Å². The molecule has 2 aromatic heterocycles. The largest absolute Gasteiger partial charge is 0.383 e. The maximum absolute atomic E-state index is 12.7. The van der Waals surface area contributed by atoms with E-state index >= 15 is 0 Å². The molecule has 2 heterocycles. The van der Waals surface area contributed by atoms with Crippen LogP contribution in [-0.4, -0.2) is 29.1 Å². The van der Waals surface area contributed by atoms with Gasteiger partial charge in [0, 0.05) is 11.1 Å². The monoisotopic (exact) mass is 422 g/mol. The molecule has 0 aliphatic rings. The summed E-state index contributed by atoms with van der Waals surface area (Å²) in [5, 5.41) is 13.0. The van der Waals surface area contributed by atoms with Gasteiger partial charge in [0.2, 0.25) is 10.0 Å². The number of primary sulfonamides is 1. The molecule has 1 amide bonds. The third kappa shape index (κ3) is 3.61. The Kier molecular flexibility index (Phi) is 4.72. The molecule has 5 N–H and O–H groups in total. The molecule has 0 atom stereocenters. The second-order valence-electron chi connectivity index (χ2n) is 6.65. The summed E-state index contributed by atoms with van der Waals surface area (Å²) < 4.78 is 24.4. The van der Waals surface area contributed by atoms with Crippen molar-refractivity contribution in [3.63, 3.8) is 0 Å². The lowest BCUT2D eigenvalue weighted by Crippen LogP contribution is -2.16. The number of hydrogen-bond acceptors (Lipinski definition) is 6. The fourth-order valence-electron chi connectivity index (χ4n) is 3.05. The summed E-state index contributed by atoms with van der Waals surface area (Å²) in [4.78, 5) is 17.1. The molecule has 0 aliphatic carbocycles. The highest BCUT2D eigenvalue weighted by Gasteiger charge is 2.18. The molecule has 0 saturated carbocycles. The number of benzene rings is 2. The third-order valence-corrected chi connectivity index (χ3v) is 5.49. The molecule has 0 fully saturated rings. The van der Waals surface area contributed by atoms with Gasteiger partial charge in [-0.1, -0.05) is 18.2 Å². The van der Waals surface area contributed by atoms with E-state index in [0.717, 1.165) is 5.69 Å². The fraction of sp³-hybridized carbons (Fsp3) is 0.0500. The SMILES string of the molecule is Cc1nn(-c2ccccc2)c2nc(N)c(C(=O)Nc3ccc(S(N)(=O)=O)cc3)cc12. The van der Waals surface area contributed by atoms with Crippen molar-refractivity contribution in [3.8, 4) is 5.69 Å². The number of carbonyl (C=O) groups excluding carboxylic acids is 1. The normalized spacial score (nSPS) is 11.5. The summed E-state index contributed by atoms with van der Waals surface area (Å²) in [5.74, 6) is -0.421. The number of para-hydroxylation sites is 1. The van der Waals surface area contributed by atoms with E-state index in [2.05, 4.69) is 15.4 Å². The van der Waals surface area contributed by atoms with Crippen LogP contribution in [0.3, 0.4) is 0 Å². The van der Waals surface area contributed by atoms with Crippen molar-refractivity contribution < 1.29 is 13.2 Å². The van der Waals surface area contributed by atoms with Crippen LogP contribution >= 0.6 is 0 Å². The van der Waals surface area contributed by atoms with E-state index < -0.39 is 15.9 Å². The quantitative estimate of drug-likeness (QED) is 0.459. The minimum atomic E-state index is -3.81. The molecule has 152 valence electrons. The lowest BCUT2D eigenvalue weighted by atomic mass is 10.1. The first kappa shape index (κ1) is 19.6. The van der Waals surface area contributed by atoms with Gasteiger partial charge in [0.15, 0.2) is 5.65 Å². The number of pyridine rings is 1. The number of aryl methyl sites for hydroxylation is 1. The number of nitrogens with two attached hydrogens (primary N) is 2. The van der Waals surface area contributed by atoms with Crippen molar-refractivity contribution in [2.24, 2.45) is 5.14 Å². The average Bonchev–Trinajstić information content (AvgIpc) is 3.03. The zero-order valence-electron chi connectivity index (χ0n) is 15.9. The van der Waals surface area contributed by atoms with Gasteiger partial charge in [-0.05, 0) is 49.4 Å². The number of amides is 1. The van der Waals surface area contributed by atoms with Gasteiger partial charge in [0.25, 0.3) is 5.91 Å². The highest BCUT2D eigenvalue weighted by molar-refractivity contribution is 7.89. The molecule has 30 heavy (non-hydrogen) atoms. The van der Waals surface area contributed by atoms with E-state index in [4.69, 9.17) is 10.9 Å². The van der Waals surface area contributed by atoms with Crippen LogP contribution in [0.1, 0.15) is 16.1 Å². The van der Waals surface area contributed by atoms with Gasteiger partial charge in [-0.15, -0.1) is 0 Å². The molecule has 0 radical (unpaired) electrons. The van der Waals surface area contributed by atoms with Crippen molar-refractivity contribution in [1.29, 1.82) is 0 Å². The maximum atomic E-state index is 12.7. The number of nitrogens with zero attached hydrogens (tertiary/aromatic N) is 3. The van der Waals surface area contributed by atoms with Gasteiger partial charge in [-0.3, -0.25) is 4.79 Å². The summed E-state index contributed by atoms with van der Waals surface area (Å²) in [5.41, 5.74) is 8.73. The van der Waals surface area contributed by atoms with Crippen molar-refractivity contribution in [1.82, 2.24) is 14.8 Å². The highest BCUT2D eigenvalue weighted by Crippen LogP contribution is 2.25. The second-order valence-corrected chi connectivity index (χ2v) is 8.21. The highest BCUT2D eigenvalue weighted by atomic mass is 32.2. The van der Waals surface area contributed by atoms with Crippen LogP contribution in [0.15, 0.2) is 65.6 Å². The van der Waals surface area contributed by atoms with E-state index in [-0.39, 0.29) is 16.3 Å². The number of hydrogen-bond donors (Lipinski definition) is 3. The van der Waals surface area contributed by atoms with Crippen LogP contribution in [0.25, 0.3) is 16.7 Å². The minimum Gasteiger partial charge on any atom is -0.383 e. The van der Waals surface area contributed by atoms with Crippen LogP contribution in [0, 0.1) is 6.92 Å². The molecule has 4 aromatic rings. The molecular formula is C20H18N6O3S. The molecule has 2 aromatic carbocycles. The molecule has 10 heteroatoms. The number of rotatable bonds is 4. The summed E-state index contributed by atoms with van der Waals surface area (Å²) in [6.07, 6.45) is 0. The molecule has 0 saturated heterocycles. The number of carbonyl (C=O) groups is 1. The number of sulfonamides is 1. The van der Waals surface area contributed by atoms with E-state index in [0.29, 0.717) is 22.4 Å². The Morgan fingerprint density at radius 3 is 2.37 bits per heavy atom. The van der Waals surface area contributed by atoms with Gasteiger partial charge in [0.05, 0.1) is 21.8 Å². The third-order valence-electron chi connectivity index (χ3n) is 4.56. The van der Waals surface area contributed by atoms with Crippen LogP contribution in [0.2, 0.25) is 0 Å². The van der Waals surface area contributed by atoms with Gasteiger partial charge < -0.3 is 11.1 Å². The lowest BCUT2D eigenvalue weighted by molar-refractivity contribution is 0.102. The van der Waals surface area contributed by atoms with Crippen LogP contribution < -0.4 is 16.2 Å². The molecule has 0 unspecified atom stereocenters. The first-order valence-corrected chi connectivity index (χ1v) is 10.4. The minimum absolute atomic E-state index is 0.0490. The van der Waals surface area contributed by atoms with Crippen LogP contribution in [0.5, 0.6) is 0 Å². The van der Waals surface area contributed by atoms with Crippen molar-refractivity contribution in [3.05, 3.63) is 71.9 Å². The lowest BCUT2D eigenvalue weighted by Gasteiger charge is -2.09. The van der Waals surface area contributed by atoms with E-state index in [1.807, 2.05) is 37.3 Å². The maximum Gasteiger partial charge on any atom is 0.259 e. The van der Waals surface area contributed by atoms with Gasteiger partial charge in [0.1, 0.15) is 5.82 Å². The Morgan fingerprint density at radius 1 is 1.07 bits per heavy atom. The molecule has 0 spiro atoms. The number of nitrogens with one attached hydrogen (secondary N) is 1. The zero-order chi connectivity index (χ0) is 21.5. The van der Waals surface area contributed by atoms with Crippen LogP contribution in [-0.2, 0) is 10.0 Å². The molecular weight excluding hydrogens is 404 g/mol. The standard InChI is InChI=1S/C20H18N6O3S/c1-12-16-11-17(20(27)23-13-7-9-15(10-8-13)30(22,28)29)18(21)24-19(16)26(25-12)14-5-3-2-4-6-14/h2-11H,1H3,(H2,21,24)(H,23,27)(H2,22,28,29). The Balaban J connectivity index is 1.68. The van der Waals surface area contributed by atoms with Crippen LogP contribution in [0.4, 0.5) is 11.5 Å². The van der Waals surface area contributed by atoms with E-state index in [1.165, 1.54) is 24.3 Å². The fourth-order valence-corrected chi connectivity index (χ4v) is 3.57. The average molecular weight is 422 g/mol. The van der Waals surface area contributed by atoms with Gasteiger partial charge >= 0.3 is 0 Å². The smallest absolute Gasteiger partial charge is 0.259 e.